The molecule has 18 heavy (non-hydrogen) atoms. The topological polar surface area (TPSA) is 77.0 Å². The minimum atomic E-state index is 0.155. The van der Waals surface area contributed by atoms with Crippen molar-refractivity contribution in [3.05, 3.63) is 48.0 Å². The number of nitrogens with two attached hydrogens (primary N) is 1. The molecule has 1 aromatic heterocycles. The molecule has 5 heteroatoms. The van der Waals surface area contributed by atoms with Crippen molar-refractivity contribution in [2.24, 2.45) is 5.73 Å². The summed E-state index contributed by atoms with van der Waals surface area (Å²) >= 11 is 0. The second-order valence-electron chi connectivity index (χ2n) is 4.02. The normalized spacial score (nSPS) is 10.9. The van der Waals surface area contributed by atoms with Gasteiger partial charge in [0.05, 0.1) is 5.52 Å². The molecule has 3 N–H and O–H groups in total. The molecule has 0 bridgehead atoms. The van der Waals surface area contributed by atoms with Gasteiger partial charge in [-0.25, -0.2) is 4.68 Å². The van der Waals surface area contributed by atoms with Gasteiger partial charge in [0.1, 0.15) is 17.0 Å². The number of hydrogen-bond donors (Lipinski definition) is 2. The molecule has 0 saturated carbocycles. The second-order valence-corrected chi connectivity index (χ2v) is 4.02. The quantitative estimate of drug-likeness (QED) is 0.713. The lowest BCUT2D eigenvalue weighted by molar-refractivity contribution is 0.470. The van der Waals surface area contributed by atoms with E-state index in [0.29, 0.717) is 12.2 Å². The summed E-state index contributed by atoms with van der Waals surface area (Å²) in [6.45, 7) is 0.417. The van der Waals surface area contributed by atoms with Gasteiger partial charge < -0.3 is 10.8 Å². The predicted molar refractivity (Wildman–Crippen MR) is 68.4 cm³/mol. The molecule has 3 aromatic rings. The van der Waals surface area contributed by atoms with Gasteiger partial charge in [0, 0.05) is 6.54 Å². The number of benzene rings is 2. The SMILES string of the molecule is NCc1ccc(O)c(-n2nnc3ccccc32)c1. The first-order chi connectivity index (χ1) is 8.79. The van der Waals surface area contributed by atoms with Gasteiger partial charge in [-0.05, 0) is 29.8 Å². The molecule has 0 amide bonds. The van der Waals surface area contributed by atoms with Crippen molar-refractivity contribution in [3.8, 4) is 11.4 Å². The molecule has 0 fully saturated rings. The Kier molecular flexibility index (Phi) is 2.46. The molecular weight excluding hydrogens is 228 g/mol. The van der Waals surface area contributed by atoms with Crippen LogP contribution in [-0.4, -0.2) is 20.1 Å². The molecule has 2 aromatic carbocycles. The van der Waals surface area contributed by atoms with Crippen molar-refractivity contribution in [2.45, 2.75) is 6.54 Å². The van der Waals surface area contributed by atoms with Gasteiger partial charge in [-0.15, -0.1) is 5.10 Å². The van der Waals surface area contributed by atoms with Crippen molar-refractivity contribution >= 4 is 11.0 Å². The maximum absolute atomic E-state index is 9.93. The average molecular weight is 240 g/mol. The molecule has 1 heterocycles. The number of phenols is 1. The molecule has 0 aliphatic heterocycles. The van der Waals surface area contributed by atoms with Crippen LogP contribution >= 0.6 is 0 Å². The molecule has 5 nitrogen and oxygen atoms in total. The summed E-state index contributed by atoms with van der Waals surface area (Å²) in [5, 5.41) is 18.1. The molecule has 3 rings (SSSR count). The van der Waals surface area contributed by atoms with E-state index in [1.807, 2.05) is 30.3 Å². The van der Waals surface area contributed by atoms with Gasteiger partial charge in [-0.3, -0.25) is 0 Å². The van der Waals surface area contributed by atoms with E-state index in [9.17, 15) is 5.11 Å². The Morgan fingerprint density at radius 1 is 1.17 bits per heavy atom. The van der Waals surface area contributed by atoms with Crippen LogP contribution in [-0.2, 0) is 6.54 Å². The molecule has 0 spiro atoms. The summed E-state index contributed by atoms with van der Waals surface area (Å²) in [6, 6.07) is 12.8. The number of phenolic OH excluding ortho intramolecular Hbond substituents is 1. The predicted octanol–water partition coefficient (Wildman–Crippen LogP) is 1.58. The number of hydrogen-bond acceptors (Lipinski definition) is 4. The molecule has 0 radical (unpaired) electrons. The van der Waals surface area contributed by atoms with Crippen LogP contribution in [0.25, 0.3) is 16.7 Å². The first-order valence-corrected chi connectivity index (χ1v) is 5.62. The first kappa shape index (κ1) is 10.7. The third-order valence-electron chi connectivity index (χ3n) is 2.86. The summed E-state index contributed by atoms with van der Waals surface area (Å²) in [5.41, 5.74) is 8.77. The number of aromatic hydroxyl groups is 1. The summed E-state index contributed by atoms with van der Waals surface area (Å²) in [5.74, 6) is 0.155. The van der Waals surface area contributed by atoms with Crippen LogP contribution in [0.5, 0.6) is 5.75 Å². The van der Waals surface area contributed by atoms with E-state index in [4.69, 9.17) is 5.73 Å². The van der Waals surface area contributed by atoms with Crippen LogP contribution in [0.3, 0.4) is 0 Å². The lowest BCUT2D eigenvalue weighted by Gasteiger charge is -2.07. The number of nitrogens with zero attached hydrogens (tertiary/aromatic N) is 3. The molecule has 0 unspecified atom stereocenters. The lowest BCUT2D eigenvalue weighted by atomic mass is 10.2. The van der Waals surface area contributed by atoms with Crippen molar-refractivity contribution in [2.75, 3.05) is 0 Å². The molecule has 0 atom stereocenters. The average Bonchev–Trinajstić information content (AvgIpc) is 2.83. The van der Waals surface area contributed by atoms with E-state index in [1.54, 1.807) is 16.8 Å². The van der Waals surface area contributed by atoms with Gasteiger partial charge in [0.25, 0.3) is 0 Å². The van der Waals surface area contributed by atoms with Gasteiger partial charge in [-0.2, -0.15) is 0 Å². The first-order valence-electron chi connectivity index (χ1n) is 5.62. The third kappa shape index (κ3) is 1.61. The Bertz CT molecular complexity index is 705. The smallest absolute Gasteiger partial charge is 0.141 e. The van der Waals surface area contributed by atoms with Crippen LogP contribution < -0.4 is 5.73 Å². The van der Waals surface area contributed by atoms with Crippen molar-refractivity contribution in [1.29, 1.82) is 0 Å². The minimum Gasteiger partial charge on any atom is -0.506 e. The van der Waals surface area contributed by atoms with Crippen molar-refractivity contribution in [1.82, 2.24) is 15.0 Å². The fraction of sp³-hybridized carbons (Fsp3) is 0.0769. The van der Waals surface area contributed by atoms with Crippen molar-refractivity contribution in [3.63, 3.8) is 0 Å². The van der Waals surface area contributed by atoms with E-state index in [2.05, 4.69) is 10.3 Å². The summed E-state index contributed by atoms with van der Waals surface area (Å²) in [7, 11) is 0. The van der Waals surface area contributed by atoms with Crippen LogP contribution in [0.2, 0.25) is 0 Å². The molecule has 90 valence electrons. The van der Waals surface area contributed by atoms with Gasteiger partial charge in [0.2, 0.25) is 0 Å². The highest BCUT2D eigenvalue weighted by atomic mass is 16.3. The van der Waals surface area contributed by atoms with E-state index in [1.165, 1.54) is 0 Å². The summed E-state index contributed by atoms with van der Waals surface area (Å²) in [6.07, 6.45) is 0. The molecule has 0 aliphatic carbocycles. The lowest BCUT2D eigenvalue weighted by Crippen LogP contribution is -2.01. The Labute approximate surface area is 103 Å². The van der Waals surface area contributed by atoms with Crippen LogP contribution in [0.4, 0.5) is 0 Å². The number of para-hydroxylation sites is 1. The zero-order valence-electron chi connectivity index (χ0n) is 9.61. The highest BCUT2D eigenvalue weighted by Gasteiger charge is 2.10. The maximum Gasteiger partial charge on any atom is 0.141 e. The van der Waals surface area contributed by atoms with Crippen LogP contribution in [0.15, 0.2) is 42.5 Å². The Balaban J connectivity index is 2.25. The van der Waals surface area contributed by atoms with E-state index < -0.39 is 0 Å². The summed E-state index contributed by atoms with van der Waals surface area (Å²) in [4.78, 5) is 0. The van der Waals surface area contributed by atoms with Gasteiger partial charge in [-0.1, -0.05) is 23.4 Å². The monoisotopic (exact) mass is 240 g/mol. The highest BCUT2D eigenvalue weighted by molar-refractivity contribution is 5.76. The summed E-state index contributed by atoms with van der Waals surface area (Å²) < 4.78 is 1.61. The van der Waals surface area contributed by atoms with Crippen LogP contribution in [0.1, 0.15) is 5.56 Å². The van der Waals surface area contributed by atoms with E-state index in [0.717, 1.165) is 16.6 Å². The standard InChI is InChI=1S/C13H12N4O/c14-8-9-5-6-13(18)12(7-9)17-11-4-2-1-3-10(11)15-16-17/h1-7,18H,8,14H2. The zero-order chi connectivity index (χ0) is 12.5. The number of aromatic nitrogens is 3. The molecule has 0 aliphatic rings. The van der Waals surface area contributed by atoms with Gasteiger partial charge >= 0.3 is 0 Å². The third-order valence-corrected chi connectivity index (χ3v) is 2.86. The van der Waals surface area contributed by atoms with Crippen LogP contribution in [0, 0.1) is 0 Å². The van der Waals surface area contributed by atoms with E-state index >= 15 is 0 Å². The minimum absolute atomic E-state index is 0.155. The second kappa shape index (κ2) is 4.12. The van der Waals surface area contributed by atoms with E-state index in [-0.39, 0.29) is 5.75 Å². The van der Waals surface area contributed by atoms with Gasteiger partial charge in [0.15, 0.2) is 0 Å². The molecule has 0 saturated heterocycles. The number of fused-ring (bicyclic) bond motifs is 1. The maximum atomic E-state index is 9.93. The van der Waals surface area contributed by atoms with Crippen molar-refractivity contribution < 1.29 is 5.11 Å². The Hall–Kier alpha value is -2.40. The molecular formula is C13H12N4O. The Morgan fingerprint density at radius 2 is 2.00 bits per heavy atom. The zero-order valence-corrected chi connectivity index (χ0v) is 9.61. The Morgan fingerprint density at radius 3 is 2.83 bits per heavy atom. The fourth-order valence-electron chi connectivity index (χ4n) is 1.91. The fourth-order valence-corrected chi connectivity index (χ4v) is 1.91. The highest BCUT2D eigenvalue weighted by Crippen LogP contribution is 2.25. The largest absolute Gasteiger partial charge is 0.506 e. The number of rotatable bonds is 2.